The quantitative estimate of drug-likeness (QED) is 0.767. The predicted octanol–water partition coefficient (Wildman–Crippen LogP) is 4.27. The van der Waals surface area contributed by atoms with Gasteiger partial charge in [-0.05, 0) is 23.6 Å². The van der Waals surface area contributed by atoms with Crippen molar-refractivity contribution in [2.45, 2.75) is 6.18 Å². The number of hydrogen-bond donors (Lipinski definition) is 1. The molecule has 2 heterocycles. The third-order valence-corrected chi connectivity index (χ3v) is 3.97. The van der Waals surface area contributed by atoms with E-state index in [0.29, 0.717) is 27.0 Å². The summed E-state index contributed by atoms with van der Waals surface area (Å²) < 4.78 is 43.1. The van der Waals surface area contributed by atoms with Gasteiger partial charge in [-0.1, -0.05) is 11.2 Å². The molecule has 4 nitrogen and oxygen atoms in total. The summed E-state index contributed by atoms with van der Waals surface area (Å²) >= 11 is 0.655. The number of carbonyl (C=O) groups is 1. The van der Waals surface area contributed by atoms with Gasteiger partial charge in [-0.15, -0.1) is 11.3 Å². The number of hydrogen-bond acceptors (Lipinski definition) is 4. The van der Waals surface area contributed by atoms with E-state index in [1.807, 2.05) is 0 Å². The molecular weight excluding hydrogens is 307 g/mol. The Morgan fingerprint density at radius 1 is 1.24 bits per heavy atom. The summed E-state index contributed by atoms with van der Waals surface area (Å²) in [6.07, 6.45) is -4.38. The van der Waals surface area contributed by atoms with E-state index >= 15 is 0 Å². The second kappa shape index (κ2) is 4.59. The van der Waals surface area contributed by atoms with Crippen LogP contribution in [0.15, 0.2) is 34.9 Å². The van der Waals surface area contributed by atoms with Crippen LogP contribution >= 0.6 is 11.3 Å². The smallest absolute Gasteiger partial charge is 0.425 e. The highest BCUT2D eigenvalue weighted by Gasteiger charge is 2.32. The van der Waals surface area contributed by atoms with Crippen LogP contribution in [0.1, 0.15) is 15.4 Å². The Kier molecular flexibility index (Phi) is 2.98. The summed E-state index contributed by atoms with van der Waals surface area (Å²) in [6.45, 7) is 0. The van der Waals surface area contributed by atoms with Crippen molar-refractivity contribution in [3.63, 3.8) is 0 Å². The summed E-state index contributed by atoms with van der Waals surface area (Å²) in [6, 6.07) is 6.91. The molecule has 0 fully saturated rings. The molecule has 0 amide bonds. The normalized spacial score (nSPS) is 12.0. The molecule has 1 aromatic carbocycles. The third kappa shape index (κ3) is 2.49. The van der Waals surface area contributed by atoms with Gasteiger partial charge in [-0.2, -0.15) is 13.2 Å². The molecule has 0 unspecified atom stereocenters. The molecule has 0 spiro atoms. The van der Waals surface area contributed by atoms with Gasteiger partial charge in [0.05, 0.1) is 0 Å². The minimum absolute atomic E-state index is 0.258. The summed E-state index contributed by atoms with van der Waals surface area (Å²) in [5.41, 5.74) is 0.749. The van der Waals surface area contributed by atoms with Gasteiger partial charge in [0.2, 0.25) is 5.76 Å². The molecule has 3 aromatic rings. The molecule has 0 bridgehead atoms. The largest absolute Gasteiger partial charge is 0.475 e. The van der Waals surface area contributed by atoms with Crippen molar-refractivity contribution in [1.82, 2.24) is 5.16 Å². The van der Waals surface area contributed by atoms with Crippen molar-refractivity contribution in [1.29, 1.82) is 0 Å². The van der Waals surface area contributed by atoms with Crippen molar-refractivity contribution >= 4 is 27.4 Å². The zero-order chi connectivity index (χ0) is 15.2. The molecule has 3 rings (SSSR count). The number of rotatable bonds is 2. The Hall–Kier alpha value is -2.35. The Morgan fingerprint density at radius 3 is 2.62 bits per heavy atom. The zero-order valence-corrected chi connectivity index (χ0v) is 11.0. The van der Waals surface area contributed by atoms with Crippen LogP contribution in [-0.2, 0) is 6.18 Å². The van der Waals surface area contributed by atoms with Crippen LogP contribution in [0.3, 0.4) is 0 Å². The van der Waals surface area contributed by atoms with Crippen LogP contribution in [0.5, 0.6) is 0 Å². The lowest BCUT2D eigenvalue weighted by atomic mass is 10.1. The molecule has 0 aliphatic heterocycles. The molecule has 2 aromatic heterocycles. The van der Waals surface area contributed by atoms with Gasteiger partial charge < -0.3 is 9.63 Å². The van der Waals surface area contributed by atoms with E-state index in [2.05, 4.69) is 9.68 Å². The molecule has 8 heteroatoms. The lowest BCUT2D eigenvalue weighted by Crippen LogP contribution is -2.00. The summed E-state index contributed by atoms with van der Waals surface area (Å²) in [5, 5.41) is 12.8. The number of alkyl halides is 3. The first-order valence-electron chi connectivity index (χ1n) is 5.66. The Morgan fingerprint density at radius 2 is 2.00 bits per heavy atom. The van der Waals surface area contributed by atoms with E-state index in [1.165, 1.54) is 12.1 Å². The van der Waals surface area contributed by atoms with E-state index in [0.717, 1.165) is 6.07 Å². The lowest BCUT2D eigenvalue weighted by Gasteiger charge is -1.99. The SMILES string of the molecule is O=C(O)c1cc(-c2ccc3sc(C(F)(F)F)cc3c2)no1. The Labute approximate surface area is 119 Å². The minimum Gasteiger partial charge on any atom is -0.475 e. The van der Waals surface area contributed by atoms with Crippen LogP contribution in [0.2, 0.25) is 0 Å². The van der Waals surface area contributed by atoms with Gasteiger partial charge in [0, 0.05) is 16.3 Å². The van der Waals surface area contributed by atoms with Gasteiger partial charge in [-0.3, -0.25) is 0 Å². The molecule has 0 saturated carbocycles. The minimum atomic E-state index is -4.38. The van der Waals surface area contributed by atoms with E-state index in [4.69, 9.17) is 5.11 Å². The zero-order valence-electron chi connectivity index (χ0n) is 10.1. The van der Waals surface area contributed by atoms with Crippen LogP contribution in [0, 0.1) is 0 Å². The molecule has 1 N–H and O–H groups in total. The molecular formula is C13H6F3NO3S. The van der Waals surface area contributed by atoms with Crippen molar-refractivity contribution in [2.75, 3.05) is 0 Å². The predicted molar refractivity (Wildman–Crippen MR) is 69.3 cm³/mol. The summed E-state index contributed by atoms with van der Waals surface area (Å²) in [4.78, 5) is 10.0. The topological polar surface area (TPSA) is 63.3 Å². The molecule has 0 aliphatic carbocycles. The molecule has 0 radical (unpaired) electrons. The Balaban J connectivity index is 2.05. The number of thiophene rings is 1. The van der Waals surface area contributed by atoms with Gasteiger partial charge >= 0.3 is 12.1 Å². The van der Waals surface area contributed by atoms with E-state index in [-0.39, 0.29) is 11.5 Å². The first-order chi connectivity index (χ1) is 9.84. The number of benzene rings is 1. The maximum Gasteiger partial charge on any atom is 0.425 e. The number of fused-ring (bicyclic) bond motifs is 1. The van der Waals surface area contributed by atoms with E-state index in [9.17, 15) is 18.0 Å². The van der Waals surface area contributed by atoms with Crippen molar-refractivity contribution in [3.05, 3.63) is 41.0 Å². The highest BCUT2D eigenvalue weighted by molar-refractivity contribution is 7.19. The second-order valence-corrected chi connectivity index (χ2v) is 5.33. The Bertz CT molecular complexity index is 835. The van der Waals surface area contributed by atoms with Gasteiger partial charge in [0.15, 0.2) is 0 Å². The van der Waals surface area contributed by atoms with E-state index < -0.39 is 17.0 Å². The van der Waals surface area contributed by atoms with Crippen LogP contribution < -0.4 is 0 Å². The number of nitrogens with zero attached hydrogens (tertiary/aromatic N) is 1. The fourth-order valence-corrected chi connectivity index (χ4v) is 2.76. The second-order valence-electron chi connectivity index (χ2n) is 4.24. The monoisotopic (exact) mass is 313 g/mol. The number of halogens is 3. The molecule has 21 heavy (non-hydrogen) atoms. The van der Waals surface area contributed by atoms with Crippen LogP contribution in [-0.4, -0.2) is 16.2 Å². The van der Waals surface area contributed by atoms with Gasteiger partial charge in [0.25, 0.3) is 0 Å². The van der Waals surface area contributed by atoms with Crippen LogP contribution in [0.25, 0.3) is 21.3 Å². The van der Waals surface area contributed by atoms with Crippen molar-refractivity contribution in [3.8, 4) is 11.3 Å². The fraction of sp³-hybridized carbons (Fsp3) is 0.0769. The number of carboxylic acids is 1. The number of aromatic carboxylic acids is 1. The maximum absolute atomic E-state index is 12.7. The number of carboxylic acid groups (broad SMARTS) is 1. The molecule has 0 atom stereocenters. The molecule has 0 saturated heterocycles. The van der Waals surface area contributed by atoms with Crippen molar-refractivity contribution < 1.29 is 27.6 Å². The first-order valence-corrected chi connectivity index (χ1v) is 6.47. The summed E-state index contributed by atoms with van der Waals surface area (Å²) in [7, 11) is 0. The average Bonchev–Trinajstić information content (AvgIpc) is 3.04. The lowest BCUT2D eigenvalue weighted by molar-refractivity contribution is -0.134. The molecule has 0 aliphatic rings. The maximum atomic E-state index is 12.7. The van der Waals surface area contributed by atoms with Crippen LogP contribution in [0.4, 0.5) is 13.2 Å². The average molecular weight is 313 g/mol. The third-order valence-electron chi connectivity index (χ3n) is 2.81. The summed E-state index contributed by atoms with van der Waals surface area (Å²) in [5.74, 6) is -1.59. The number of aromatic nitrogens is 1. The first kappa shape index (κ1) is 13.6. The molecule has 108 valence electrons. The van der Waals surface area contributed by atoms with Gasteiger partial charge in [-0.25, -0.2) is 4.79 Å². The fourth-order valence-electron chi connectivity index (χ4n) is 1.85. The highest BCUT2D eigenvalue weighted by Crippen LogP contribution is 2.39. The van der Waals surface area contributed by atoms with Crippen molar-refractivity contribution in [2.24, 2.45) is 0 Å². The standard InChI is InChI=1S/C13H6F3NO3S/c14-13(15,16)11-4-7-3-6(1-2-10(7)21-11)8-5-9(12(18)19)20-17-8/h1-5H,(H,18,19). The van der Waals surface area contributed by atoms with Gasteiger partial charge in [0.1, 0.15) is 10.6 Å². The van der Waals surface area contributed by atoms with E-state index in [1.54, 1.807) is 12.1 Å². The highest BCUT2D eigenvalue weighted by atomic mass is 32.1.